The molecule has 1 N–H and O–H groups in total. The Kier molecular flexibility index (Phi) is 5.43. The minimum atomic E-state index is -3.80. The average molecular weight is 448 g/mol. The van der Waals surface area contributed by atoms with E-state index in [1.807, 2.05) is 6.92 Å². The van der Waals surface area contributed by atoms with Gasteiger partial charge in [0.25, 0.3) is 5.56 Å². The molecule has 1 aliphatic carbocycles. The molecular formula is C22H25NO7S. The number of ether oxygens (including phenoxy) is 2. The van der Waals surface area contributed by atoms with E-state index in [0.29, 0.717) is 42.2 Å². The standard InChI is InChI=1S/C22H25NO7S/c1-12-9-16-19(11-18(12)30-8-4-7-29-3)31(27,28)13(2)15-10-17(22(25)26)21(24)23(20(15)16)14-5-6-14/h9-11,13-14H,4-8H2,1-3H3,(H,25,26). The summed E-state index contributed by atoms with van der Waals surface area (Å²) in [4.78, 5) is 24.8. The summed E-state index contributed by atoms with van der Waals surface area (Å²) in [7, 11) is -2.20. The first-order valence-electron chi connectivity index (χ1n) is 10.2. The normalized spacial score (nSPS) is 18.9. The van der Waals surface area contributed by atoms with E-state index in [-0.39, 0.29) is 10.9 Å². The monoisotopic (exact) mass is 447 g/mol. The van der Waals surface area contributed by atoms with E-state index in [1.165, 1.54) is 23.6 Å². The maximum absolute atomic E-state index is 13.4. The molecule has 2 heterocycles. The molecule has 1 aromatic carbocycles. The molecule has 1 atom stereocenters. The summed E-state index contributed by atoms with van der Waals surface area (Å²) in [5.41, 5.74) is 1.03. The second kappa shape index (κ2) is 7.80. The number of nitrogens with zero attached hydrogens (tertiary/aromatic N) is 1. The number of carboxylic acids is 1. The van der Waals surface area contributed by atoms with Crippen LogP contribution >= 0.6 is 0 Å². The predicted octanol–water partition coefficient (Wildman–Crippen LogP) is 3.12. The summed E-state index contributed by atoms with van der Waals surface area (Å²) in [6.45, 7) is 4.27. The van der Waals surface area contributed by atoms with Crippen LogP contribution in [0, 0.1) is 6.92 Å². The van der Waals surface area contributed by atoms with Crippen molar-refractivity contribution in [3.63, 3.8) is 0 Å². The summed E-state index contributed by atoms with van der Waals surface area (Å²) in [5.74, 6) is -0.884. The zero-order valence-electron chi connectivity index (χ0n) is 17.7. The Balaban J connectivity index is 1.95. The van der Waals surface area contributed by atoms with Gasteiger partial charge in [0.1, 0.15) is 11.3 Å². The molecule has 1 aromatic heterocycles. The highest BCUT2D eigenvalue weighted by Crippen LogP contribution is 2.49. The fourth-order valence-electron chi connectivity index (χ4n) is 4.07. The van der Waals surface area contributed by atoms with Crippen molar-refractivity contribution in [1.29, 1.82) is 0 Å². The summed E-state index contributed by atoms with van der Waals surface area (Å²) >= 11 is 0. The van der Waals surface area contributed by atoms with Gasteiger partial charge in [-0.3, -0.25) is 4.79 Å². The SMILES string of the molecule is COCCCOc1cc2c(cc1C)-c1c(cc(C(=O)O)c(=O)n1C1CC1)C(C)S2(=O)=O. The van der Waals surface area contributed by atoms with Crippen LogP contribution in [0.15, 0.2) is 27.9 Å². The van der Waals surface area contributed by atoms with Gasteiger partial charge in [-0.15, -0.1) is 0 Å². The first-order valence-corrected chi connectivity index (χ1v) is 11.8. The summed E-state index contributed by atoms with van der Waals surface area (Å²) in [6.07, 6.45) is 2.18. The van der Waals surface area contributed by atoms with Crippen LogP contribution in [0.25, 0.3) is 11.3 Å². The summed E-state index contributed by atoms with van der Waals surface area (Å²) < 4.78 is 39.0. The molecule has 1 saturated carbocycles. The van der Waals surface area contributed by atoms with Crippen molar-refractivity contribution in [1.82, 2.24) is 4.57 Å². The molecule has 166 valence electrons. The quantitative estimate of drug-likeness (QED) is 0.649. The van der Waals surface area contributed by atoms with E-state index in [1.54, 1.807) is 13.2 Å². The Hall–Kier alpha value is -2.65. The minimum absolute atomic E-state index is 0.108. The molecule has 0 amide bonds. The van der Waals surface area contributed by atoms with Gasteiger partial charge in [0.2, 0.25) is 0 Å². The third-order valence-electron chi connectivity index (χ3n) is 5.90. The lowest BCUT2D eigenvalue weighted by atomic mass is 9.98. The number of methoxy groups -OCH3 is 1. The largest absolute Gasteiger partial charge is 0.493 e. The van der Waals surface area contributed by atoms with Crippen LogP contribution < -0.4 is 10.3 Å². The topological polar surface area (TPSA) is 112 Å². The second-order valence-electron chi connectivity index (χ2n) is 8.07. The first-order chi connectivity index (χ1) is 14.7. The molecule has 2 aromatic rings. The van der Waals surface area contributed by atoms with Crippen molar-refractivity contribution in [2.24, 2.45) is 0 Å². The Morgan fingerprint density at radius 3 is 2.55 bits per heavy atom. The predicted molar refractivity (Wildman–Crippen MR) is 114 cm³/mol. The number of aromatic carboxylic acids is 1. The molecule has 9 heteroatoms. The van der Waals surface area contributed by atoms with Gasteiger partial charge in [-0.05, 0) is 56.0 Å². The van der Waals surface area contributed by atoms with Crippen molar-refractivity contribution < 1.29 is 27.8 Å². The van der Waals surface area contributed by atoms with E-state index < -0.39 is 32.2 Å². The third-order valence-corrected chi connectivity index (χ3v) is 8.03. The summed E-state index contributed by atoms with van der Waals surface area (Å²) in [6, 6.07) is 4.36. The van der Waals surface area contributed by atoms with Gasteiger partial charge in [-0.1, -0.05) is 0 Å². The van der Waals surface area contributed by atoms with Gasteiger partial charge in [-0.2, -0.15) is 0 Å². The fraction of sp³-hybridized carbons (Fsp3) is 0.455. The highest BCUT2D eigenvalue weighted by atomic mass is 32.2. The molecule has 4 rings (SSSR count). The molecular weight excluding hydrogens is 422 g/mol. The molecule has 1 fully saturated rings. The Bertz CT molecular complexity index is 1230. The van der Waals surface area contributed by atoms with Crippen LogP contribution in [0.3, 0.4) is 0 Å². The zero-order valence-corrected chi connectivity index (χ0v) is 18.5. The zero-order chi connectivity index (χ0) is 22.5. The number of aryl methyl sites for hydroxylation is 1. The maximum atomic E-state index is 13.4. The number of carbonyl (C=O) groups is 1. The number of aromatic nitrogens is 1. The molecule has 0 radical (unpaired) electrons. The Morgan fingerprint density at radius 2 is 1.94 bits per heavy atom. The van der Waals surface area contributed by atoms with Crippen molar-refractivity contribution in [2.75, 3.05) is 20.3 Å². The molecule has 0 bridgehead atoms. The van der Waals surface area contributed by atoms with Crippen LogP contribution in [0.5, 0.6) is 5.75 Å². The van der Waals surface area contributed by atoms with Crippen LogP contribution in [0.4, 0.5) is 0 Å². The highest BCUT2D eigenvalue weighted by molar-refractivity contribution is 7.92. The van der Waals surface area contributed by atoms with Gasteiger partial charge in [0.15, 0.2) is 9.84 Å². The molecule has 0 spiro atoms. The van der Waals surface area contributed by atoms with Crippen molar-refractivity contribution in [3.05, 3.63) is 45.2 Å². The van der Waals surface area contributed by atoms with Gasteiger partial charge in [0.05, 0.1) is 22.4 Å². The average Bonchev–Trinajstić information content (AvgIpc) is 3.54. The number of rotatable bonds is 7. The lowest BCUT2D eigenvalue weighted by Gasteiger charge is -2.29. The summed E-state index contributed by atoms with van der Waals surface area (Å²) in [5, 5.41) is 8.53. The fourth-order valence-corrected chi connectivity index (χ4v) is 5.70. The smallest absolute Gasteiger partial charge is 0.341 e. The molecule has 31 heavy (non-hydrogen) atoms. The van der Waals surface area contributed by atoms with Crippen LogP contribution in [0.2, 0.25) is 0 Å². The molecule has 2 aliphatic rings. The van der Waals surface area contributed by atoms with Gasteiger partial charge < -0.3 is 19.1 Å². The van der Waals surface area contributed by atoms with E-state index in [4.69, 9.17) is 9.47 Å². The van der Waals surface area contributed by atoms with Crippen LogP contribution in [-0.4, -0.2) is 44.4 Å². The Morgan fingerprint density at radius 1 is 1.23 bits per heavy atom. The van der Waals surface area contributed by atoms with Crippen LogP contribution in [-0.2, 0) is 14.6 Å². The number of carboxylic acid groups (broad SMARTS) is 1. The second-order valence-corrected chi connectivity index (χ2v) is 10.3. The third kappa shape index (κ3) is 3.55. The molecule has 0 saturated heterocycles. The van der Waals surface area contributed by atoms with Gasteiger partial charge >= 0.3 is 5.97 Å². The number of hydrogen-bond donors (Lipinski definition) is 1. The van der Waals surface area contributed by atoms with Crippen molar-refractivity contribution in [3.8, 4) is 17.0 Å². The number of hydrogen-bond acceptors (Lipinski definition) is 6. The van der Waals surface area contributed by atoms with Crippen molar-refractivity contribution >= 4 is 15.8 Å². The number of sulfone groups is 1. The van der Waals surface area contributed by atoms with Gasteiger partial charge in [0, 0.05) is 31.7 Å². The van der Waals surface area contributed by atoms with E-state index >= 15 is 0 Å². The van der Waals surface area contributed by atoms with E-state index in [9.17, 15) is 23.1 Å². The van der Waals surface area contributed by atoms with Gasteiger partial charge in [-0.25, -0.2) is 13.2 Å². The molecule has 1 aliphatic heterocycles. The molecule has 1 unspecified atom stereocenters. The molecule has 8 nitrogen and oxygen atoms in total. The Labute approximate surface area is 180 Å². The lowest BCUT2D eigenvalue weighted by Crippen LogP contribution is -2.32. The van der Waals surface area contributed by atoms with Crippen LogP contribution in [0.1, 0.15) is 59.0 Å². The van der Waals surface area contributed by atoms with Crippen molar-refractivity contribution in [2.45, 2.75) is 49.3 Å². The number of fused-ring (bicyclic) bond motifs is 3. The number of benzene rings is 1. The maximum Gasteiger partial charge on any atom is 0.341 e. The van der Waals surface area contributed by atoms with E-state index in [0.717, 1.165) is 18.4 Å². The number of pyridine rings is 1. The van der Waals surface area contributed by atoms with E-state index in [2.05, 4.69) is 0 Å². The highest BCUT2D eigenvalue weighted by Gasteiger charge is 2.41. The lowest BCUT2D eigenvalue weighted by molar-refractivity contribution is 0.0694. The minimum Gasteiger partial charge on any atom is -0.493 e. The first kappa shape index (κ1) is 21.6.